The monoisotopic (exact) mass is 323 g/mol. The smallest absolute Gasteiger partial charge is 0.261 e. The Morgan fingerprint density at radius 3 is 2.79 bits per heavy atom. The summed E-state index contributed by atoms with van der Waals surface area (Å²) >= 11 is 0. The maximum absolute atomic E-state index is 11.8. The zero-order valence-electron chi connectivity index (χ0n) is 13.4. The molecular weight excluding hydrogens is 306 g/mol. The van der Waals surface area contributed by atoms with Gasteiger partial charge < -0.3 is 0 Å². The molecule has 0 saturated heterocycles. The zero-order valence-corrected chi connectivity index (χ0v) is 13.4. The van der Waals surface area contributed by atoms with Crippen LogP contribution in [-0.4, -0.2) is 36.7 Å². The van der Waals surface area contributed by atoms with Crippen molar-refractivity contribution in [2.75, 3.05) is 0 Å². The van der Waals surface area contributed by atoms with Crippen molar-refractivity contribution in [3.05, 3.63) is 59.9 Å². The highest BCUT2D eigenvalue weighted by Crippen LogP contribution is 2.15. The fraction of sp³-hybridized carbons (Fsp3) is 0.188. The zero-order chi connectivity index (χ0) is 16.9. The quantitative estimate of drug-likeness (QED) is 0.565. The van der Waals surface area contributed by atoms with Crippen LogP contribution in [0.25, 0.3) is 5.69 Å². The summed E-state index contributed by atoms with van der Waals surface area (Å²) in [5.74, 6) is -0.275. The molecule has 0 spiro atoms. The number of hydrogen-bond acceptors (Lipinski definition) is 5. The molecule has 2 aromatic heterocycles. The van der Waals surface area contributed by atoms with E-state index in [0.717, 1.165) is 22.6 Å². The Morgan fingerprint density at radius 2 is 2.08 bits per heavy atom. The molecule has 0 aliphatic carbocycles. The Hall–Kier alpha value is -3.29. The molecule has 0 saturated carbocycles. The maximum Gasteiger partial charge on any atom is 0.261 e. The van der Waals surface area contributed by atoms with Crippen molar-refractivity contribution in [2.24, 2.45) is 5.10 Å². The fourth-order valence-corrected chi connectivity index (χ4v) is 2.33. The summed E-state index contributed by atoms with van der Waals surface area (Å²) in [7, 11) is 0. The molecule has 2 heterocycles. The Labute approximate surface area is 138 Å². The van der Waals surface area contributed by atoms with Crippen LogP contribution in [-0.2, 0) is 11.3 Å². The van der Waals surface area contributed by atoms with Crippen LogP contribution in [0.15, 0.2) is 48.1 Å². The summed E-state index contributed by atoms with van der Waals surface area (Å²) in [5, 5.41) is 12.4. The second-order valence-corrected chi connectivity index (χ2v) is 5.22. The molecule has 0 bridgehead atoms. The molecule has 0 radical (unpaired) electrons. The molecule has 8 heteroatoms. The van der Waals surface area contributed by atoms with E-state index in [1.54, 1.807) is 6.21 Å². The van der Waals surface area contributed by atoms with Crippen molar-refractivity contribution in [3.8, 4) is 5.69 Å². The number of carbonyl (C=O) groups excluding carboxylic acids is 1. The molecule has 3 rings (SSSR count). The molecular formula is C16H17N7O. The van der Waals surface area contributed by atoms with E-state index in [1.807, 2.05) is 48.9 Å². The van der Waals surface area contributed by atoms with E-state index >= 15 is 0 Å². The molecule has 1 N–H and O–H groups in total. The first-order valence-electron chi connectivity index (χ1n) is 7.41. The first kappa shape index (κ1) is 15.6. The predicted octanol–water partition coefficient (Wildman–Crippen LogP) is 1.23. The van der Waals surface area contributed by atoms with Crippen LogP contribution < -0.4 is 5.43 Å². The molecule has 122 valence electrons. The Balaban J connectivity index is 1.71. The van der Waals surface area contributed by atoms with Gasteiger partial charge in [0.05, 0.1) is 23.3 Å². The van der Waals surface area contributed by atoms with Gasteiger partial charge in [0.1, 0.15) is 19.2 Å². The topological polar surface area (TPSA) is 90.0 Å². The lowest BCUT2D eigenvalue weighted by molar-refractivity contribution is -0.121. The number of amides is 1. The van der Waals surface area contributed by atoms with E-state index in [1.165, 1.54) is 17.3 Å². The molecule has 0 unspecified atom stereocenters. The lowest BCUT2D eigenvalue weighted by Gasteiger charge is -2.03. The van der Waals surface area contributed by atoms with E-state index in [2.05, 4.69) is 25.7 Å². The van der Waals surface area contributed by atoms with E-state index in [0.29, 0.717) is 0 Å². The largest absolute Gasteiger partial charge is 0.271 e. The number of rotatable bonds is 5. The number of hydrogen-bond donors (Lipinski definition) is 1. The van der Waals surface area contributed by atoms with E-state index in [-0.39, 0.29) is 12.5 Å². The van der Waals surface area contributed by atoms with Crippen molar-refractivity contribution in [3.63, 3.8) is 0 Å². The molecule has 1 aromatic carbocycles. The molecule has 0 aliphatic rings. The predicted molar refractivity (Wildman–Crippen MR) is 88.8 cm³/mol. The number of nitrogens with zero attached hydrogens (tertiary/aromatic N) is 6. The Bertz CT molecular complexity index is 850. The average molecular weight is 323 g/mol. The number of aromatic nitrogens is 5. The van der Waals surface area contributed by atoms with Gasteiger partial charge in [0.2, 0.25) is 0 Å². The molecule has 0 atom stereocenters. The van der Waals surface area contributed by atoms with Crippen molar-refractivity contribution in [1.29, 1.82) is 0 Å². The van der Waals surface area contributed by atoms with E-state index in [9.17, 15) is 4.79 Å². The van der Waals surface area contributed by atoms with Crippen LogP contribution in [0.1, 0.15) is 17.0 Å². The minimum Gasteiger partial charge on any atom is -0.271 e. The van der Waals surface area contributed by atoms with Gasteiger partial charge in [0, 0.05) is 5.56 Å². The van der Waals surface area contributed by atoms with Crippen molar-refractivity contribution >= 4 is 12.1 Å². The summed E-state index contributed by atoms with van der Waals surface area (Å²) in [6, 6.07) is 9.86. The minimum atomic E-state index is -0.275. The molecule has 0 fully saturated rings. The number of aryl methyl sites for hydroxylation is 1. The highest BCUT2D eigenvalue weighted by Gasteiger charge is 2.11. The van der Waals surface area contributed by atoms with Gasteiger partial charge in [0.25, 0.3) is 5.91 Å². The number of nitrogens with one attached hydrogen (secondary N) is 1. The van der Waals surface area contributed by atoms with Gasteiger partial charge in [0.15, 0.2) is 0 Å². The third-order valence-electron chi connectivity index (χ3n) is 3.50. The fourth-order valence-electron chi connectivity index (χ4n) is 2.33. The van der Waals surface area contributed by atoms with Crippen LogP contribution >= 0.6 is 0 Å². The Morgan fingerprint density at radius 1 is 1.29 bits per heavy atom. The van der Waals surface area contributed by atoms with Gasteiger partial charge in [-0.1, -0.05) is 18.2 Å². The van der Waals surface area contributed by atoms with Crippen LogP contribution in [0.2, 0.25) is 0 Å². The first-order valence-corrected chi connectivity index (χ1v) is 7.41. The lowest BCUT2D eigenvalue weighted by atomic mass is 10.2. The highest BCUT2D eigenvalue weighted by atomic mass is 16.2. The normalized spacial score (nSPS) is 11.1. The summed E-state index contributed by atoms with van der Waals surface area (Å²) < 4.78 is 3.28. The third-order valence-corrected chi connectivity index (χ3v) is 3.50. The second kappa shape index (κ2) is 6.86. The molecule has 0 aliphatic heterocycles. The van der Waals surface area contributed by atoms with E-state index in [4.69, 9.17) is 0 Å². The highest BCUT2D eigenvalue weighted by molar-refractivity contribution is 5.84. The molecule has 8 nitrogen and oxygen atoms in total. The van der Waals surface area contributed by atoms with Crippen molar-refractivity contribution < 1.29 is 4.79 Å². The van der Waals surface area contributed by atoms with Crippen LogP contribution in [0.4, 0.5) is 0 Å². The summed E-state index contributed by atoms with van der Waals surface area (Å²) in [6.45, 7) is 3.94. The summed E-state index contributed by atoms with van der Waals surface area (Å²) in [5.41, 5.74) is 6.12. The maximum atomic E-state index is 11.8. The summed E-state index contributed by atoms with van der Waals surface area (Å²) in [4.78, 5) is 15.5. The number of benzene rings is 1. The van der Waals surface area contributed by atoms with Gasteiger partial charge >= 0.3 is 0 Å². The summed E-state index contributed by atoms with van der Waals surface area (Å²) in [6.07, 6.45) is 4.46. The molecule has 3 aromatic rings. The SMILES string of the molecule is Cc1nn(-c2ccccc2)c(C)c1/C=N/NC(=O)Cn1cncn1. The standard InChI is InChI=1S/C16H17N7O/c1-12-15(8-18-20-16(24)9-22-11-17-10-19-22)13(2)23(21-12)14-6-4-3-5-7-14/h3-8,10-11H,9H2,1-2H3,(H,20,24)/b18-8+. The molecule has 24 heavy (non-hydrogen) atoms. The van der Waals surface area contributed by atoms with Gasteiger partial charge in [-0.25, -0.2) is 19.8 Å². The Kier molecular flexibility index (Phi) is 4.46. The van der Waals surface area contributed by atoms with E-state index < -0.39 is 0 Å². The number of carbonyl (C=O) groups is 1. The molecule has 1 amide bonds. The first-order chi connectivity index (χ1) is 11.6. The van der Waals surface area contributed by atoms with Gasteiger partial charge in [-0.05, 0) is 26.0 Å². The van der Waals surface area contributed by atoms with Gasteiger partial charge in [-0.15, -0.1) is 0 Å². The van der Waals surface area contributed by atoms with Crippen LogP contribution in [0.3, 0.4) is 0 Å². The number of hydrazone groups is 1. The van der Waals surface area contributed by atoms with Gasteiger partial charge in [-0.2, -0.15) is 15.3 Å². The van der Waals surface area contributed by atoms with Crippen molar-refractivity contribution in [1.82, 2.24) is 30.0 Å². The average Bonchev–Trinajstić information content (AvgIpc) is 3.18. The van der Waals surface area contributed by atoms with Crippen LogP contribution in [0, 0.1) is 13.8 Å². The van der Waals surface area contributed by atoms with Gasteiger partial charge in [-0.3, -0.25) is 4.79 Å². The van der Waals surface area contributed by atoms with Crippen LogP contribution in [0.5, 0.6) is 0 Å². The lowest BCUT2D eigenvalue weighted by Crippen LogP contribution is -2.23. The van der Waals surface area contributed by atoms with Crippen molar-refractivity contribution in [2.45, 2.75) is 20.4 Å². The number of para-hydroxylation sites is 1. The second-order valence-electron chi connectivity index (χ2n) is 5.22. The minimum absolute atomic E-state index is 0.0680. The third kappa shape index (κ3) is 3.37.